The van der Waals surface area contributed by atoms with E-state index in [0.717, 1.165) is 29.7 Å². The number of piperidine rings is 1. The first kappa shape index (κ1) is 21.9. The minimum Gasteiger partial charge on any atom is -0.370 e. The van der Waals surface area contributed by atoms with E-state index in [0.29, 0.717) is 44.1 Å². The maximum absolute atomic E-state index is 12.8. The molecular weight excluding hydrogens is 406 g/mol. The van der Waals surface area contributed by atoms with Gasteiger partial charge in [-0.3, -0.25) is 19.3 Å². The van der Waals surface area contributed by atoms with E-state index in [1.807, 2.05) is 37.3 Å². The summed E-state index contributed by atoms with van der Waals surface area (Å²) in [4.78, 5) is 49.5. The van der Waals surface area contributed by atoms with E-state index in [1.54, 1.807) is 9.80 Å². The third kappa shape index (κ3) is 4.79. The molecule has 1 fully saturated rings. The van der Waals surface area contributed by atoms with Gasteiger partial charge in [-0.1, -0.05) is 30.3 Å². The van der Waals surface area contributed by atoms with Gasteiger partial charge in [0, 0.05) is 49.5 Å². The molecule has 1 atom stereocenters. The van der Waals surface area contributed by atoms with Crippen LogP contribution in [0, 0.1) is 6.92 Å². The minimum absolute atomic E-state index is 0.000817. The van der Waals surface area contributed by atoms with Crippen LogP contribution in [-0.2, 0) is 27.3 Å². The molecule has 3 amide bonds. The number of likely N-dealkylation sites (tertiary alicyclic amines) is 1. The van der Waals surface area contributed by atoms with Crippen molar-refractivity contribution in [1.29, 1.82) is 0 Å². The number of nitrogens with two attached hydrogens (primary N) is 1. The molecule has 2 aromatic rings. The van der Waals surface area contributed by atoms with E-state index in [1.165, 1.54) is 0 Å². The van der Waals surface area contributed by atoms with Gasteiger partial charge in [0.1, 0.15) is 11.6 Å². The zero-order valence-corrected chi connectivity index (χ0v) is 18.4. The fourth-order valence-electron chi connectivity index (χ4n) is 4.52. The first-order valence-electron chi connectivity index (χ1n) is 11.2. The second-order valence-electron chi connectivity index (χ2n) is 8.58. The molecule has 1 saturated heterocycles. The van der Waals surface area contributed by atoms with Crippen molar-refractivity contribution >= 4 is 23.5 Å². The predicted octanol–water partition coefficient (Wildman–Crippen LogP) is 2.24. The van der Waals surface area contributed by atoms with Crippen LogP contribution in [0.15, 0.2) is 30.3 Å². The van der Waals surface area contributed by atoms with E-state index >= 15 is 0 Å². The number of anilines is 1. The smallest absolute Gasteiger partial charge is 0.228 e. The van der Waals surface area contributed by atoms with Crippen LogP contribution >= 0.6 is 0 Å². The molecule has 2 aliphatic heterocycles. The standard InChI is InChI=1S/C24H29N5O3/c1-16-19-9-11-22(32)29(14-17-6-3-2-4-7-17)24(19)27-23(26-16)18-8-5-13-28(15-18)21(31)12-10-20(25)30/h2-4,6-7,18H,5,8-15H2,1H3,(H2,25,30)/t18-/m1/s1. The molecule has 1 aromatic carbocycles. The lowest BCUT2D eigenvalue weighted by Crippen LogP contribution is -2.40. The van der Waals surface area contributed by atoms with Crippen molar-refractivity contribution in [2.45, 2.75) is 57.9 Å². The Morgan fingerprint density at radius 1 is 1.12 bits per heavy atom. The monoisotopic (exact) mass is 435 g/mol. The maximum Gasteiger partial charge on any atom is 0.228 e. The van der Waals surface area contributed by atoms with E-state index in [4.69, 9.17) is 15.7 Å². The van der Waals surface area contributed by atoms with Gasteiger partial charge in [0.05, 0.1) is 6.54 Å². The summed E-state index contributed by atoms with van der Waals surface area (Å²) in [5.41, 5.74) is 8.16. The van der Waals surface area contributed by atoms with Crippen molar-refractivity contribution in [3.63, 3.8) is 0 Å². The van der Waals surface area contributed by atoms with Crippen LogP contribution in [0.5, 0.6) is 0 Å². The number of aromatic nitrogens is 2. The van der Waals surface area contributed by atoms with Gasteiger partial charge in [-0.2, -0.15) is 0 Å². The molecule has 0 spiro atoms. The fourth-order valence-corrected chi connectivity index (χ4v) is 4.52. The molecule has 8 nitrogen and oxygen atoms in total. The lowest BCUT2D eigenvalue weighted by atomic mass is 9.95. The Hall–Kier alpha value is -3.29. The highest BCUT2D eigenvalue weighted by Gasteiger charge is 2.31. The number of carbonyl (C=O) groups is 3. The number of primary amides is 1. The van der Waals surface area contributed by atoms with Crippen LogP contribution in [0.2, 0.25) is 0 Å². The van der Waals surface area contributed by atoms with Crippen molar-refractivity contribution < 1.29 is 14.4 Å². The van der Waals surface area contributed by atoms with Crippen molar-refractivity contribution in [2.75, 3.05) is 18.0 Å². The Kier molecular flexibility index (Phi) is 6.48. The summed E-state index contributed by atoms with van der Waals surface area (Å²) in [5.74, 6) is 0.914. The zero-order valence-electron chi connectivity index (χ0n) is 18.4. The average molecular weight is 436 g/mol. The molecule has 0 unspecified atom stereocenters. The molecule has 1 aromatic heterocycles. The molecule has 0 saturated carbocycles. The van der Waals surface area contributed by atoms with Crippen LogP contribution in [-0.4, -0.2) is 45.7 Å². The molecule has 2 aliphatic rings. The number of nitrogens with zero attached hydrogens (tertiary/aromatic N) is 4. The number of benzene rings is 1. The number of carbonyl (C=O) groups excluding carboxylic acids is 3. The SMILES string of the molecule is Cc1nc([C@@H]2CCCN(C(=O)CCC(N)=O)C2)nc2c1CCC(=O)N2Cc1ccccc1. The normalized spacial score (nSPS) is 18.4. The highest BCUT2D eigenvalue weighted by Crippen LogP contribution is 2.33. The van der Waals surface area contributed by atoms with Gasteiger partial charge in [0.25, 0.3) is 0 Å². The quantitative estimate of drug-likeness (QED) is 0.748. The van der Waals surface area contributed by atoms with Gasteiger partial charge in [0.2, 0.25) is 17.7 Å². The summed E-state index contributed by atoms with van der Waals surface area (Å²) >= 11 is 0. The summed E-state index contributed by atoms with van der Waals surface area (Å²) in [6.45, 7) is 3.63. The molecule has 8 heteroatoms. The predicted molar refractivity (Wildman–Crippen MR) is 120 cm³/mol. The second kappa shape index (κ2) is 9.46. The van der Waals surface area contributed by atoms with Crippen LogP contribution in [0.25, 0.3) is 0 Å². The Morgan fingerprint density at radius 2 is 1.91 bits per heavy atom. The first-order valence-corrected chi connectivity index (χ1v) is 11.2. The van der Waals surface area contributed by atoms with Crippen molar-refractivity contribution in [3.05, 3.63) is 53.0 Å². The van der Waals surface area contributed by atoms with Gasteiger partial charge in [0.15, 0.2) is 0 Å². The molecule has 0 aliphatic carbocycles. The fraction of sp³-hybridized carbons (Fsp3) is 0.458. The van der Waals surface area contributed by atoms with Crippen LogP contribution in [0.3, 0.4) is 0 Å². The lowest BCUT2D eigenvalue weighted by molar-refractivity contribution is -0.134. The highest BCUT2D eigenvalue weighted by molar-refractivity contribution is 5.95. The van der Waals surface area contributed by atoms with Gasteiger partial charge < -0.3 is 10.6 Å². The second-order valence-corrected chi connectivity index (χ2v) is 8.58. The number of fused-ring (bicyclic) bond motifs is 1. The number of aryl methyl sites for hydroxylation is 1. The minimum atomic E-state index is -0.469. The molecule has 2 N–H and O–H groups in total. The van der Waals surface area contributed by atoms with E-state index < -0.39 is 5.91 Å². The topological polar surface area (TPSA) is 109 Å². The third-order valence-corrected chi connectivity index (χ3v) is 6.26. The Labute approximate surface area is 187 Å². The molecule has 0 bridgehead atoms. The van der Waals surface area contributed by atoms with E-state index in [-0.39, 0.29) is 30.6 Å². The Morgan fingerprint density at radius 3 is 2.66 bits per heavy atom. The summed E-state index contributed by atoms with van der Waals surface area (Å²) in [5, 5.41) is 0. The Bertz CT molecular complexity index is 1020. The van der Waals surface area contributed by atoms with Crippen molar-refractivity contribution in [2.24, 2.45) is 5.73 Å². The zero-order chi connectivity index (χ0) is 22.7. The third-order valence-electron chi connectivity index (χ3n) is 6.26. The van der Waals surface area contributed by atoms with Gasteiger partial charge in [-0.05, 0) is 31.7 Å². The summed E-state index contributed by atoms with van der Waals surface area (Å²) < 4.78 is 0. The van der Waals surface area contributed by atoms with Crippen LogP contribution < -0.4 is 10.6 Å². The first-order chi connectivity index (χ1) is 15.4. The van der Waals surface area contributed by atoms with Crippen LogP contribution in [0.4, 0.5) is 5.82 Å². The molecule has 32 heavy (non-hydrogen) atoms. The average Bonchev–Trinajstić information content (AvgIpc) is 2.80. The van der Waals surface area contributed by atoms with E-state index in [2.05, 4.69) is 0 Å². The van der Waals surface area contributed by atoms with Crippen molar-refractivity contribution in [3.8, 4) is 0 Å². The summed E-state index contributed by atoms with van der Waals surface area (Å²) in [7, 11) is 0. The molecule has 168 valence electrons. The van der Waals surface area contributed by atoms with E-state index in [9.17, 15) is 14.4 Å². The number of hydrogen-bond donors (Lipinski definition) is 1. The van der Waals surface area contributed by atoms with Gasteiger partial charge in [-0.25, -0.2) is 9.97 Å². The molecule has 4 rings (SSSR count). The summed E-state index contributed by atoms with van der Waals surface area (Å²) in [6.07, 6.45) is 3.02. The van der Waals surface area contributed by atoms with Crippen LogP contribution in [0.1, 0.15) is 60.7 Å². The lowest BCUT2D eigenvalue weighted by Gasteiger charge is -2.34. The Balaban J connectivity index is 1.58. The van der Waals surface area contributed by atoms with Gasteiger partial charge >= 0.3 is 0 Å². The largest absolute Gasteiger partial charge is 0.370 e. The number of rotatable bonds is 6. The number of hydrogen-bond acceptors (Lipinski definition) is 5. The molecule has 0 radical (unpaired) electrons. The maximum atomic E-state index is 12.8. The van der Waals surface area contributed by atoms with Gasteiger partial charge in [-0.15, -0.1) is 0 Å². The highest BCUT2D eigenvalue weighted by atomic mass is 16.2. The number of amides is 3. The summed E-state index contributed by atoms with van der Waals surface area (Å²) in [6, 6.07) is 9.90. The molecular formula is C24H29N5O3. The molecule has 3 heterocycles. The van der Waals surface area contributed by atoms with Crippen molar-refractivity contribution in [1.82, 2.24) is 14.9 Å².